The molecule has 6 nitrogen and oxygen atoms in total. The second kappa shape index (κ2) is 5.02. The zero-order valence-corrected chi connectivity index (χ0v) is 9.21. The van der Waals surface area contributed by atoms with Crippen LogP contribution in [0.4, 0.5) is 11.6 Å². The van der Waals surface area contributed by atoms with Crippen molar-refractivity contribution in [1.82, 2.24) is 15.0 Å². The third-order valence-electron chi connectivity index (χ3n) is 2.09. The minimum Gasteiger partial charge on any atom is -0.373 e. The molecule has 0 unspecified atom stereocenters. The number of hydrogen-bond donors (Lipinski definition) is 2. The van der Waals surface area contributed by atoms with E-state index in [4.69, 9.17) is 0 Å². The van der Waals surface area contributed by atoms with Crippen LogP contribution in [0.15, 0.2) is 36.9 Å². The largest absolute Gasteiger partial charge is 0.373 e. The highest BCUT2D eigenvalue weighted by atomic mass is 16.1. The van der Waals surface area contributed by atoms with Crippen LogP contribution in [0.1, 0.15) is 10.4 Å². The molecule has 2 rings (SSSR count). The molecule has 86 valence electrons. The van der Waals surface area contributed by atoms with Gasteiger partial charge in [-0.1, -0.05) is 0 Å². The van der Waals surface area contributed by atoms with Gasteiger partial charge in [0.15, 0.2) is 5.82 Å². The lowest BCUT2D eigenvalue weighted by Crippen LogP contribution is -2.13. The van der Waals surface area contributed by atoms with Crippen molar-refractivity contribution in [1.29, 1.82) is 0 Å². The summed E-state index contributed by atoms with van der Waals surface area (Å²) in [5, 5.41) is 5.50. The summed E-state index contributed by atoms with van der Waals surface area (Å²) in [6.45, 7) is 0. The third kappa shape index (κ3) is 2.75. The number of amides is 1. The first kappa shape index (κ1) is 11.0. The van der Waals surface area contributed by atoms with E-state index in [2.05, 4.69) is 25.6 Å². The Labute approximate surface area is 98.1 Å². The number of hydrogen-bond acceptors (Lipinski definition) is 5. The highest BCUT2D eigenvalue weighted by Gasteiger charge is 2.06. The molecule has 6 heteroatoms. The molecule has 0 radical (unpaired) electrons. The van der Waals surface area contributed by atoms with Crippen LogP contribution >= 0.6 is 0 Å². The molecule has 0 aliphatic rings. The molecule has 0 saturated heterocycles. The molecule has 0 aliphatic heterocycles. The normalized spacial score (nSPS) is 9.71. The van der Waals surface area contributed by atoms with Gasteiger partial charge in [0, 0.05) is 25.6 Å². The van der Waals surface area contributed by atoms with Gasteiger partial charge in [-0.25, -0.2) is 9.97 Å². The molecule has 17 heavy (non-hydrogen) atoms. The Kier molecular flexibility index (Phi) is 3.25. The number of nitrogens with one attached hydrogen (secondary N) is 2. The van der Waals surface area contributed by atoms with Gasteiger partial charge < -0.3 is 10.6 Å². The van der Waals surface area contributed by atoms with Gasteiger partial charge in [-0.05, 0) is 12.1 Å². The van der Waals surface area contributed by atoms with Crippen LogP contribution < -0.4 is 10.6 Å². The molecule has 1 amide bonds. The lowest BCUT2D eigenvalue weighted by Gasteiger charge is -2.04. The molecule has 0 fully saturated rings. The number of carbonyl (C=O) groups excluding carboxylic acids is 1. The van der Waals surface area contributed by atoms with E-state index in [1.807, 2.05) is 0 Å². The molecule has 0 aromatic carbocycles. The van der Waals surface area contributed by atoms with E-state index in [0.29, 0.717) is 17.2 Å². The zero-order valence-electron chi connectivity index (χ0n) is 9.21. The van der Waals surface area contributed by atoms with Crippen molar-refractivity contribution in [3.8, 4) is 0 Å². The van der Waals surface area contributed by atoms with Crippen molar-refractivity contribution in [2.75, 3.05) is 17.7 Å². The van der Waals surface area contributed by atoms with Gasteiger partial charge >= 0.3 is 0 Å². The number of aromatic nitrogens is 3. The van der Waals surface area contributed by atoms with Gasteiger partial charge in [0.1, 0.15) is 5.82 Å². The second-order valence-electron chi connectivity index (χ2n) is 3.23. The van der Waals surface area contributed by atoms with E-state index in [1.165, 1.54) is 18.6 Å². The lowest BCUT2D eigenvalue weighted by atomic mass is 10.2. The fourth-order valence-electron chi connectivity index (χ4n) is 1.23. The molecule has 0 atom stereocenters. The summed E-state index contributed by atoms with van der Waals surface area (Å²) in [5.41, 5.74) is 0.467. The Morgan fingerprint density at radius 3 is 2.59 bits per heavy atom. The van der Waals surface area contributed by atoms with Gasteiger partial charge in [0.2, 0.25) is 0 Å². The molecular weight excluding hydrogens is 218 g/mol. The van der Waals surface area contributed by atoms with Crippen molar-refractivity contribution in [3.63, 3.8) is 0 Å². The molecule has 2 aromatic rings. The summed E-state index contributed by atoms with van der Waals surface area (Å²) in [6.07, 6.45) is 6.03. The summed E-state index contributed by atoms with van der Waals surface area (Å²) >= 11 is 0. The predicted molar refractivity (Wildman–Crippen MR) is 63.8 cm³/mol. The maximum atomic E-state index is 11.8. The number of rotatable bonds is 3. The summed E-state index contributed by atoms with van der Waals surface area (Å²) in [6, 6.07) is 3.41. The standard InChI is InChI=1S/C11H11N5O/c1-12-9-3-2-8(6-15-9)11(17)16-10-7-13-4-5-14-10/h2-7H,1H3,(H,12,15)(H,14,16,17). The average Bonchev–Trinajstić information content (AvgIpc) is 2.40. The quantitative estimate of drug-likeness (QED) is 0.825. The van der Waals surface area contributed by atoms with Crippen LogP contribution in [-0.4, -0.2) is 27.9 Å². The topological polar surface area (TPSA) is 79.8 Å². The summed E-state index contributed by atoms with van der Waals surface area (Å²) in [7, 11) is 1.77. The van der Waals surface area contributed by atoms with E-state index < -0.39 is 0 Å². The Morgan fingerprint density at radius 1 is 1.12 bits per heavy atom. The van der Waals surface area contributed by atoms with Crippen molar-refractivity contribution in [2.45, 2.75) is 0 Å². The first-order valence-corrected chi connectivity index (χ1v) is 5.01. The van der Waals surface area contributed by atoms with Crippen LogP contribution in [0.3, 0.4) is 0 Å². The summed E-state index contributed by atoms with van der Waals surface area (Å²) < 4.78 is 0. The van der Waals surface area contributed by atoms with Gasteiger partial charge in [-0.15, -0.1) is 0 Å². The highest BCUT2D eigenvalue weighted by Crippen LogP contribution is 2.06. The Bertz CT molecular complexity index is 497. The Morgan fingerprint density at radius 2 is 2.00 bits per heavy atom. The van der Waals surface area contributed by atoms with Gasteiger partial charge in [0.25, 0.3) is 5.91 Å². The van der Waals surface area contributed by atoms with Crippen molar-refractivity contribution >= 4 is 17.5 Å². The van der Waals surface area contributed by atoms with Crippen LogP contribution in [0.2, 0.25) is 0 Å². The number of carbonyl (C=O) groups is 1. The third-order valence-corrected chi connectivity index (χ3v) is 2.09. The van der Waals surface area contributed by atoms with E-state index in [0.717, 1.165) is 0 Å². The smallest absolute Gasteiger partial charge is 0.258 e. The minimum atomic E-state index is -0.263. The monoisotopic (exact) mass is 229 g/mol. The number of nitrogens with zero attached hydrogens (tertiary/aromatic N) is 3. The number of pyridine rings is 1. The van der Waals surface area contributed by atoms with E-state index >= 15 is 0 Å². The first-order chi connectivity index (χ1) is 8.29. The summed E-state index contributed by atoms with van der Waals surface area (Å²) in [5.74, 6) is 0.858. The summed E-state index contributed by atoms with van der Waals surface area (Å²) in [4.78, 5) is 23.6. The van der Waals surface area contributed by atoms with Gasteiger partial charge in [-0.3, -0.25) is 9.78 Å². The molecule has 2 aromatic heterocycles. The van der Waals surface area contributed by atoms with Crippen LogP contribution in [-0.2, 0) is 0 Å². The molecule has 0 saturated carbocycles. The maximum Gasteiger partial charge on any atom is 0.258 e. The second-order valence-corrected chi connectivity index (χ2v) is 3.23. The molecule has 0 bridgehead atoms. The fraction of sp³-hybridized carbons (Fsp3) is 0.0909. The van der Waals surface area contributed by atoms with E-state index in [1.54, 1.807) is 25.4 Å². The molecule has 0 spiro atoms. The highest BCUT2D eigenvalue weighted by molar-refractivity contribution is 6.03. The zero-order chi connectivity index (χ0) is 12.1. The van der Waals surface area contributed by atoms with Crippen molar-refractivity contribution in [3.05, 3.63) is 42.5 Å². The molecule has 2 N–H and O–H groups in total. The molecular formula is C11H11N5O. The van der Waals surface area contributed by atoms with E-state index in [9.17, 15) is 4.79 Å². The fourth-order valence-corrected chi connectivity index (χ4v) is 1.23. The SMILES string of the molecule is CNc1ccc(C(=O)Nc2cnccn2)cn1. The minimum absolute atomic E-state index is 0.263. The maximum absolute atomic E-state index is 11.8. The van der Waals surface area contributed by atoms with Crippen molar-refractivity contribution in [2.24, 2.45) is 0 Å². The van der Waals surface area contributed by atoms with E-state index in [-0.39, 0.29) is 5.91 Å². The van der Waals surface area contributed by atoms with Gasteiger partial charge in [-0.2, -0.15) is 0 Å². The average molecular weight is 229 g/mol. The van der Waals surface area contributed by atoms with Crippen LogP contribution in [0.25, 0.3) is 0 Å². The van der Waals surface area contributed by atoms with Crippen LogP contribution in [0, 0.1) is 0 Å². The molecule has 0 aliphatic carbocycles. The van der Waals surface area contributed by atoms with Crippen molar-refractivity contribution < 1.29 is 4.79 Å². The Balaban J connectivity index is 2.09. The Hall–Kier alpha value is -2.50. The van der Waals surface area contributed by atoms with Crippen LogP contribution in [0.5, 0.6) is 0 Å². The van der Waals surface area contributed by atoms with Gasteiger partial charge in [0.05, 0.1) is 11.8 Å². The molecule has 2 heterocycles. The lowest BCUT2D eigenvalue weighted by molar-refractivity contribution is 0.102. The predicted octanol–water partition coefficient (Wildman–Crippen LogP) is 1.17. The number of anilines is 2. The first-order valence-electron chi connectivity index (χ1n) is 5.01.